The fourth-order valence-electron chi connectivity index (χ4n) is 3.23. The van der Waals surface area contributed by atoms with Crippen LogP contribution < -0.4 is 9.47 Å². The highest BCUT2D eigenvalue weighted by Gasteiger charge is 2.31. The Labute approximate surface area is 147 Å². The predicted octanol–water partition coefficient (Wildman–Crippen LogP) is 2.82. The quantitative estimate of drug-likeness (QED) is 0.803. The molecule has 0 unspecified atom stereocenters. The van der Waals surface area contributed by atoms with Gasteiger partial charge in [-0.05, 0) is 43.9 Å². The fraction of sp³-hybridized carbons (Fsp3) is 0.529. The zero-order valence-corrected chi connectivity index (χ0v) is 15.4. The van der Waals surface area contributed by atoms with Crippen LogP contribution in [0.15, 0.2) is 22.7 Å². The highest BCUT2D eigenvalue weighted by Crippen LogP contribution is 2.36. The van der Waals surface area contributed by atoms with Gasteiger partial charge in [0.25, 0.3) is 0 Å². The second kappa shape index (κ2) is 7.03. The first-order valence-corrected chi connectivity index (χ1v) is 10.1. The summed E-state index contributed by atoms with van der Waals surface area (Å²) in [6.07, 6.45) is 4.06. The molecule has 1 heterocycles. The number of benzene rings is 1. The van der Waals surface area contributed by atoms with Crippen molar-refractivity contribution in [1.29, 1.82) is 0 Å². The largest absolute Gasteiger partial charge is 0.493 e. The van der Waals surface area contributed by atoms with E-state index in [4.69, 9.17) is 14.0 Å². The summed E-state index contributed by atoms with van der Waals surface area (Å²) < 4.78 is 39.3. The second-order valence-electron chi connectivity index (χ2n) is 6.33. The predicted molar refractivity (Wildman–Crippen MR) is 92.7 cm³/mol. The molecular weight excluding hydrogens is 344 g/mol. The van der Waals surface area contributed by atoms with Crippen LogP contribution in [0.1, 0.15) is 37.5 Å². The molecule has 0 aliphatic heterocycles. The summed E-state index contributed by atoms with van der Waals surface area (Å²) in [5.74, 6) is 2.39. The molecule has 0 radical (unpaired) electrons. The van der Waals surface area contributed by atoms with Gasteiger partial charge in [0.1, 0.15) is 9.84 Å². The third kappa shape index (κ3) is 3.78. The first-order valence-electron chi connectivity index (χ1n) is 8.17. The molecular formula is C17H22N2O5S. The Morgan fingerprint density at radius 3 is 2.36 bits per heavy atom. The molecule has 0 spiro atoms. The van der Waals surface area contributed by atoms with Crippen LogP contribution in [0.5, 0.6) is 11.5 Å². The van der Waals surface area contributed by atoms with Gasteiger partial charge < -0.3 is 14.0 Å². The molecule has 1 saturated carbocycles. The number of sulfone groups is 1. The Hall–Kier alpha value is -2.09. The zero-order chi connectivity index (χ0) is 18.0. The van der Waals surface area contributed by atoms with Crippen LogP contribution in [0.3, 0.4) is 0 Å². The third-order valence-corrected chi connectivity index (χ3v) is 6.39. The minimum absolute atomic E-state index is 0.111. The first kappa shape index (κ1) is 17.7. The number of hydrogen-bond donors (Lipinski definition) is 0. The van der Waals surface area contributed by atoms with Gasteiger partial charge in [-0.2, -0.15) is 4.98 Å². The second-order valence-corrected chi connectivity index (χ2v) is 8.65. The molecule has 1 aromatic heterocycles. The molecule has 1 aromatic carbocycles. The number of rotatable bonds is 5. The molecule has 0 saturated heterocycles. The molecule has 8 heteroatoms. The summed E-state index contributed by atoms with van der Waals surface area (Å²) in [4.78, 5) is 4.50. The van der Waals surface area contributed by atoms with Gasteiger partial charge in [-0.15, -0.1) is 0 Å². The van der Waals surface area contributed by atoms with Crippen LogP contribution in [0.25, 0.3) is 11.4 Å². The van der Waals surface area contributed by atoms with Crippen LogP contribution in [-0.2, 0) is 9.84 Å². The molecule has 0 atom stereocenters. The van der Waals surface area contributed by atoms with E-state index in [1.54, 1.807) is 26.4 Å². The number of nitrogens with zero attached hydrogens (tertiary/aromatic N) is 2. The average molecular weight is 366 g/mol. The lowest BCUT2D eigenvalue weighted by Gasteiger charge is -2.24. The van der Waals surface area contributed by atoms with Crippen molar-refractivity contribution in [3.05, 3.63) is 24.1 Å². The van der Waals surface area contributed by atoms with Crippen LogP contribution in [0, 0.1) is 0 Å². The van der Waals surface area contributed by atoms with Crippen molar-refractivity contribution < 1.29 is 22.4 Å². The van der Waals surface area contributed by atoms with Crippen molar-refractivity contribution in [2.45, 2.75) is 36.9 Å². The number of aromatic nitrogens is 2. The molecule has 1 aliphatic carbocycles. The monoisotopic (exact) mass is 366 g/mol. The van der Waals surface area contributed by atoms with Gasteiger partial charge >= 0.3 is 0 Å². The molecule has 0 bridgehead atoms. The lowest BCUT2D eigenvalue weighted by Crippen LogP contribution is -2.25. The Morgan fingerprint density at radius 2 is 1.76 bits per heavy atom. The Kier molecular flexibility index (Phi) is 4.99. The number of hydrogen-bond acceptors (Lipinski definition) is 7. The summed E-state index contributed by atoms with van der Waals surface area (Å²) in [5.41, 5.74) is 0.775. The summed E-state index contributed by atoms with van der Waals surface area (Å²) in [5, 5.41) is 3.81. The van der Waals surface area contributed by atoms with E-state index in [0.717, 1.165) is 18.4 Å². The molecule has 1 fully saturated rings. The van der Waals surface area contributed by atoms with Crippen molar-refractivity contribution in [3.63, 3.8) is 0 Å². The van der Waals surface area contributed by atoms with E-state index in [2.05, 4.69) is 10.1 Å². The Bertz CT molecular complexity index is 838. The summed E-state index contributed by atoms with van der Waals surface area (Å²) in [7, 11) is 0.177. The van der Waals surface area contributed by atoms with Gasteiger partial charge in [0.2, 0.25) is 11.7 Å². The van der Waals surface area contributed by atoms with E-state index in [-0.39, 0.29) is 11.2 Å². The van der Waals surface area contributed by atoms with Crippen LogP contribution in [0.2, 0.25) is 0 Å². The lowest BCUT2D eigenvalue weighted by molar-refractivity contribution is 0.314. The van der Waals surface area contributed by atoms with E-state index in [1.807, 2.05) is 6.07 Å². The normalized spacial score (nSPS) is 21.1. The zero-order valence-electron chi connectivity index (χ0n) is 14.6. The smallest absolute Gasteiger partial charge is 0.230 e. The van der Waals surface area contributed by atoms with Crippen molar-refractivity contribution in [2.24, 2.45) is 0 Å². The minimum atomic E-state index is -2.98. The molecule has 136 valence electrons. The maximum Gasteiger partial charge on any atom is 0.230 e. The summed E-state index contributed by atoms with van der Waals surface area (Å²) in [6.45, 7) is 0. The van der Waals surface area contributed by atoms with E-state index in [9.17, 15) is 8.42 Å². The third-order valence-electron chi connectivity index (χ3n) is 4.71. The minimum Gasteiger partial charge on any atom is -0.493 e. The molecule has 2 aromatic rings. The summed E-state index contributed by atoms with van der Waals surface area (Å²) in [6, 6.07) is 5.44. The Balaban J connectivity index is 1.75. The van der Waals surface area contributed by atoms with Gasteiger partial charge in [-0.3, -0.25) is 0 Å². The van der Waals surface area contributed by atoms with Crippen LogP contribution >= 0.6 is 0 Å². The first-order chi connectivity index (χ1) is 11.9. The number of ether oxygens (including phenoxy) is 2. The van der Waals surface area contributed by atoms with Crippen molar-refractivity contribution in [2.75, 3.05) is 20.5 Å². The maximum absolute atomic E-state index is 11.7. The highest BCUT2D eigenvalue weighted by atomic mass is 32.2. The van der Waals surface area contributed by atoms with E-state index >= 15 is 0 Å². The molecule has 1 aliphatic rings. The van der Waals surface area contributed by atoms with Gasteiger partial charge in [0, 0.05) is 17.7 Å². The number of methoxy groups -OCH3 is 2. The van der Waals surface area contributed by atoms with Crippen molar-refractivity contribution in [1.82, 2.24) is 10.1 Å². The van der Waals surface area contributed by atoms with Crippen molar-refractivity contribution >= 4 is 9.84 Å². The SMILES string of the molecule is COc1ccc(-c2noc(C3CCC(S(C)(=O)=O)CC3)n2)cc1OC. The Morgan fingerprint density at radius 1 is 1.08 bits per heavy atom. The van der Waals surface area contributed by atoms with Gasteiger partial charge in [-0.1, -0.05) is 5.16 Å². The summed E-state index contributed by atoms with van der Waals surface area (Å²) >= 11 is 0. The maximum atomic E-state index is 11.7. The van der Waals surface area contributed by atoms with Crippen LogP contribution in [-0.4, -0.2) is 44.3 Å². The highest BCUT2D eigenvalue weighted by molar-refractivity contribution is 7.91. The lowest BCUT2D eigenvalue weighted by atomic mass is 9.89. The molecule has 0 amide bonds. The fourth-order valence-corrected chi connectivity index (χ4v) is 4.36. The average Bonchev–Trinajstić information content (AvgIpc) is 3.10. The van der Waals surface area contributed by atoms with E-state index < -0.39 is 9.84 Å². The standard InChI is InChI=1S/C17H22N2O5S/c1-22-14-9-6-12(10-15(14)23-2)16-18-17(24-19-16)11-4-7-13(8-5-11)25(3,20)21/h6,9-11,13H,4-5,7-8H2,1-3H3. The van der Waals surface area contributed by atoms with Crippen molar-refractivity contribution in [3.8, 4) is 22.9 Å². The molecule has 25 heavy (non-hydrogen) atoms. The van der Waals surface area contributed by atoms with Gasteiger partial charge in [0.05, 0.1) is 19.5 Å². The molecule has 3 rings (SSSR count). The topological polar surface area (TPSA) is 91.5 Å². The van der Waals surface area contributed by atoms with Gasteiger partial charge in [0.15, 0.2) is 11.5 Å². The van der Waals surface area contributed by atoms with E-state index in [0.29, 0.717) is 36.1 Å². The molecule has 0 N–H and O–H groups in total. The van der Waals surface area contributed by atoms with E-state index in [1.165, 1.54) is 6.26 Å². The van der Waals surface area contributed by atoms with Crippen LogP contribution in [0.4, 0.5) is 0 Å². The van der Waals surface area contributed by atoms with Gasteiger partial charge in [-0.25, -0.2) is 8.42 Å². The molecule has 7 nitrogen and oxygen atoms in total.